The molecule has 13 N–H and O–H groups in total. The Kier molecular flexibility index (Phi) is 12.3. The van der Waals surface area contributed by atoms with Gasteiger partial charge in [-0.25, -0.2) is 9.78 Å². The number of carbonyl (C=O) groups is 4. The number of guanidine groups is 1. The van der Waals surface area contributed by atoms with Crippen LogP contribution in [0.1, 0.15) is 24.1 Å². The third-order valence-corrected chi connectivity index (χ3v) is 5.72. The van der Waals surface area contributed by atoms with Crippen molar-refractivity contribution in [3.05, 3.63) is 48.0 Å². The number of carbonyl (C=O) groups excluding carboxylic acids is 3. The van der Waals surface area contributed by atoms with Crippen LogP contribution in [0.15, 0.2) is 41.8 Å². The van der Waals surface area contributed by atoms with E-state index in [1.54, 1.807) is 12.1 Å². The Bertz CT molecular complexity index is 1150. The maximum atomic E-state index is 13.2. The molecule has 0 aliphatic heterocycles. The van der Waals surface area contributed by atoms with Crippen molar-refractivity contribution < 1.29 is 34.5 Å². The van der Waals surface area contributed by atoms with Crippen LogP contribution in [0.5, 0.6) is 5.75 Å². The van der Waals surface area contributed by atoms with Gasteiger partial charge in [-0.1, -0.05) is 12.1 Å². The molecule has 40 heavy (non-hydrogen) atoms. The first-order valence-electron chi connectivity index (χ1n) is 12.3. The first-order chi connectivity index (χ1) is 19.0. The van der Waals surface area contributed by atoms with E-state index in [9.17, 15) is 34.5 Å². The molecule has 0 saturated carbocycles. The predicted octanol–water partition coefficient (Wildman–Crippen LogP) is -3.19. The van der Waals surface area contributed by atoms with Crippen LogP contribution in [0.4, 0.5) is 0 Å². The highest BCUT2D eigenvalue weighted by molar-refractivity contribution is 5.94. The zero-order chi connectivity index (χ0) is 29.7. The molecule has 2 aromatic rings. The molecular formula is C24H35N9O7. The molecule has 4 atom stereocenters. The zero-order valence-corrected chi connectivity index (χ0v) is 21.6. The Morgan fingerprint density at radius 3 is 2.15 bits per heavy atom. The van der Waals surface area contributed by atoms with Crippen molar-refractivity contribution in [1.29, 1.82) is 0 Å². The van der Waals surface area contributed by atoms with Gasteiger partial charge in [-0.2, -0.15) is 0 Å². The summed E-state index contributed by atoms with van der Waals surface area (Å²) < 4.78 is 0. The number of rotatable bonds is 16. The molecule has 3 amide bonds. The van der Waals surface area contributed by atoms with E-state index in [0.717, 1.165) is 0 Å². The lowest BCUT2D eigenvalue weighted by Gasteiger charge is -2.24. The molecule has 0 fully saturated rings. The second-order valence-corrected chi connectivity index (χ2v) is 8.91. The number of hydrogen-bond donors (Lipinski definition) is 10. The fourth-order valence-electron chi connectivity index (χ4n) is 3.56. The van der Waals surface area contributed by atoms with Crippen molar-refractivity contribution in [2.45, 2.75) is 49.9 Å². The number of amides is 3. The third kappa shape index (κ3) is 10.6. The van der Waals surface area contributed by atoms with Gasteiger partial charge in [-0.05, 0) is 30.5 Å². The van der Waals surface area contributed by atoms with Gasteiger partial charge in [0.15, 0.2) is 5.96 Å². The summed E-state index contributed by atoms with van der Waals surface area (Å²) in [5.41, 5.74) is 17.5. The van der Waals surface area contributed by atoms with E-state index < -0.39 is 54.5 Å². The standard InChI is InChI=1S/C24H35N9O7/c25-16(2-1-7-29-24(26)27)20(36)31-17(8-13-3-5-15(35)6-4-13)21(37)33-19(11-34)22(38)32-18(23(39)40)9-14-10-28-12-30-14/h3-6,10,12,16-19,34-35H,1-2,7-9,11,25H2,(H,28,30)(H,31,36)(H,32,38)(H,33,37)(H,39,40)(H4,26,27,29). The fraction of sp³-hybridized carbons (Fsp3) is 0.417. The molecule has 1 heterocycles. The molecule has 1 aromatic heterocycles. The molecule has 0 spiro atoms. The minimum absolute atomic E-state index is 0.00304. The average Bonchev–Trinajstić information content (AvgIpc) is 3.42. The highest BCUT2D eigenvalue weighted by Gasteiger charge is 2.30. The number of nitrogens with zero attached hydrogens (tertiary/aromatic N) is 2. The Balaban J connectivity index is 2.11. The number of benzene rings is 1. The first kappa shape index (κ1) is 31.5. The van der Waals surface area contributed by atoms with Crippen LogP contribution in [-0.4, -0.2) is 92.3 Å². The van der Waals surface area contributed by atoms with E-state index >= 15 is 0 Å². The van der Waals surface area contributed by atoms with Gasteiger partial charge in [0, 0.05) is 31.3 Å². The normalized spacial score (nSPS) is 13.8. The number of aromatic hydroxyl groups is 1. The lowest BCUT2D eigenvalue weighted by atomic mass is 10.0. The predicted molar refractivity (Wildman–Crippen MR) is 143 cm³/mol. The summed E-state index contributed by atoms with van der Waals surface area (Å²) in [6, 6.07) is 0.754. The molecule has 0 aliphatic rings. The number of nitrogens with one attached hydrogen (secondary N) is 4. The number of aliphatic imine (C=N–C) groups is 1. The summed E-state index contributed by atoms with van der Waals surface area (Å²) in [6.45, 7) is -0.593. The van der Waals surface area contributed by atoms with Gasteiger partial charge in [-0.3, -0.25) is 19.4 Å². The SMILES string of the molecule is NC(N)=NCCCC(N)C(=O)NC(Cc1ccc(O)cc1)C(=O)NC(CO)C(=O)NC(Cc1cnc[nH]1)C(=O)O. The van der Waals surface area contributed by atoms with Gasteiger partial charge in [0.2, 0.25) is 17.7 Å². The number of hydrogen-bond acceptors (Lipinski definition) is 9. The molecule has 1 aromatic carbocycles. The Hall–Kier alpha value is -4.70. The molecule has 0 aliphatic carbocycles. The molecule has 2 rings (SSSR count). The minimum Gasteiger partial charge on any atom is -0.508 e. The highest BCUT2D eigenvalue weighted by Crippen LogP contribution is 2.12. The summed E-state index contributed by atoms with van der Waals surface area (Å²) in [4.78, 5) is 60.7. The van der Waals surface area contributed by atoms with Crippen LogP contribution in [0.3, 0.4) is 0 Å². The number of H-pyrrole nitrogens is 1. The number of phenols is 1. The van der Waals surface area contributed by atoms with Crippen molar-refractivity contribution in [3.8, 4) is 5.75 Å². The van der Waals surface area contributed by atoms with Crippen LogP contribution in [-0.2, 0) is 32.0 Å². The van der Waals surface area contributed by atoms with E-state index in [1.165, 1.54) is 24.7 Å². The maximum absolute atomic E-state index is 13.2. The Morgan fingerprint density at radius 2 is 1.57 bits per heavy atom. The largest absolute Gasteiger partial charge is 0.508 e. The summed E-state index contributed by atoms with van der Waals surface area (Å²) in [5, 5.41) is 36.0. The number of nitrogens with two attached hydrogens (primary N) is 3. The highest BCUT2D eigenvalue weighted by atomic mass is 16.4. The topological polar surface area (TPSA) is 284 Å². The number of imidazole rings is 1. The third-order valence-electron chi connectivity index (χ3n) is 5.72. The van der Waals surface area contributed by atoms with Crippen LogP contribution in [0, 0.1) is 0 Å². The zero-order valence-electron chi connectivity index (χ0n) is 21.6. The van der Waals surface area contributed by atoms with Gasteiger partial charge in [0.25, 0.3) is 0 Å². The van der Waals surface area contributed by atoms with Crippen LogP contribution < -0.4 is 33.2 Å². The van der Waals surface area contributed by atoms with Gasteiger partial charge < -0.3 is 53.5 Å². The number of carboxylic acid groups (broad SMARTS) is 1. The monoisotopic (exact) mass is 561 g/mol. The number of aromatic nitrogens is 2. The Morgan fingerprint density at radius 1 is 0.950 bits per heavy atom. The lowest BCUT2D eigenvalue weighted by molar-refractivity contribution is -0.142. The average molecular weight is 562 g/mol. The van der Waals surface area contributed by atoms with Crippen LogP contribution in [0.25, 0.3) is 0 Å². The summed E-state index contributed by atoms with van der Waals surface area (Å²) in [5.74, 6) is -3.87. The van der Waals surface area contributed by atoms with Gasteiger partial charge in [0.05, 0.1) is 19.0 Å². The van der Waals surface area contributed by atoms with Crippen LogP contribution in [0.2, 0.25) is 0 Å². The van der Waals surface area contributed by atoms with Gasteiger partial charge in [0.1, 0.15) is 23.9 Å². The number of aliphatic carboxylic acids is 1. The van der Waals surface area contributed by atoms with Crippen molar-refractivity contribution in [3.63, 3.8) is 0 Å². The number of carboxylic acids is 1. The van der Waals surface area contributed by atoms with E-state index in [4.69, 9.17) is 17.2 Å². The summed E-state index contributed by atoms with van der Waals surface area (Å²) >= 11 is 0. The molecule has 0 bridgehead atoms. The van der Waals surface area contributed by atoms with Crippen LogP contribution >= 0.6 is 0 Å². The molecule has 0 radical (unpaired) electrons. The smallest absolute Gasteiger partial charge is 0.326 e. The lowest BCUT2D eigenvalue weighted by Crippen LogP contribution is -2.58. The van der Waals surface area contributed by atoms with Crippen molar-refractivity contribution in [1.82, 2.24) is 25.9 Å². The number of aliphatic hydroxyl groups excluding tert-OH is 1. The fourth-order valence-corrected chi connectivity index (χ4v) is 3.56. The van der Waals surface area contributed by atoms with Crippen molar-refractivity contribution >= 4 is 29.7 Å². The minimum atomic E-state index is -1.52. The summed E-state index contributed by atoms with van der Waals surface area (Å²) in [6.07, 6.45) is 3.20. The first-order valence-corrected chi connectivity index (χ1v) is 12.3. The van der Waals surface area contributed by atoms with Crippen molar-refractivity contribution in [2.24, 2.45) is 22.2 Å². The van der Waals surface area contributed by atoms with Crippen molar-refractivity contribution in [2.75, 3.05) is 13.2 Å². The van der Waals surface area contributed by atoms with E-state index in [-0.39, 0.29) is 37.5 Å². The second-order valence-electron chi connectivity index (χ2n) is 8.91. The Labute approximate surface area is 229 Å². The number of aliphatic hydroxyl groups is 1. The quantitative estimate of drug-likeness (QED) is 0.0553. The molecule has 0 saturated heterocycles. The van der Waals surface area contributed by atoms with Gasteiger partial charge >= 0.3 is 5.97 Å². The molecule has 218 valence electrons. The molecule has 16 heteroatoms. The van der Waals surface area contributed by atoms with E-state index in [0.29, 0.717) is 17.7 Å². The molecular weight excluding hydrogens is 526 g/mol. The second kappa shape index (κ2) is 15.6. The van der Waals surface area contributed by atoms with Gasteiger partial charge in [-0.15, -0.1) is 0 Å². The van der Waals surface area contributed by atoms with E-state index in [2.05, 4.69) is 30.9 Å². The molecule has 16 nitrogen and oxygen atoms in total. The number of aromatic amines is 1. The maximum Gasteiger partial charge on any atom is 0.326 e. The van der Waals surface area contributed by atoms with E-state index in [1.807, 2.05) is 0 Å². The number of phenolic OH excluding ortho intramolecular Hbond substituents is 1. The summed E-state index contributed by atoms with van der Waals surface area (Å²) in [7, 11) is 0. The molecule has 4 unspecified atom stereocenters.